The van der Waals surface area contributed by atoms with Crippen molar-refractivity contribution in [3.8, 4) is 0 Å². The second-order valence-electron chi connectivity index (χ2n) is 15.3. The number of carbonyl (C=O) groups is 1. The van der Waals surface area contributed by atoms with E-state index in [4.69, 9.17) is 9.47 Å². The lowest BCUT2D eigenvalue weighted by atomic mass is 9.89. The topological polar surface area (TPSA) is 218 Å². The highest BCUT2D eigenvalue weighted by atomic mass is 16.6. The van der Waals surface area contributed by atoms with E-state index >= 15 is 0 Å². The van der Waals surface area contributed by atoms with Gasteiger partial charge in [-0.1, -0.05) is 75.5 Å². The summed E-state index contributed by atoms with van der Waals surface area (Å²) in [5.41, 5.74) is 0.438. The van der Waals surface area contributed by atoms with Crippen molar-refractivity contribution < 1.29 is 60.2 Å². The van der Waals surface area contributed by atoms with Gasteiger partial charge in [-0.2, -0.15) is 0 Å². The average Bonchev–Trinajstić information content (AvgIpc) is 3.01. The Balaban J connectivity index is 2.13. The van der Waals surface area contributed by atoms with Gasteiger partial charge in [0.15, 0.2) is 5.79 Å². The van der Waals surface area contributed by atoms with Crippen LogP contribution in [-0.2, 0) is 14.3 Å². The van der Waals surface area contributed by atoms with Gasteiger partial charge in [0.1, 0.15) is 6.10 Å². The summed E-state index contributed by atoms with van der Waals surface area (Å²) in [5.74, 6) is -2.27. The maximum atomic E-state index is 12.8. The fraction of sp³-hybridized carbons (Fsp3) is 0.725. The number of carbonyl (C=O) groups excluding carboxylic acids is 1. The molecule has 1 saturated heterocycles. The van der Waals surface area contributed by atoms with E-state index in [-0.39, 0.29) is 69.3 Å². The minimum absolute atomic E-state index is 0.0120. The zero-order chi connectivity index (χ0) is 38.8. The predicted molar refractivity (Wildman–Crippen MR) is 197 cm³/mol. The molecule has 0 aromatic heterocycles. The first-order chi connectivity index (χ1) is 24.5. The largest absolute Gasteiger partial charge is 0.458 e. The molecular formula is C40H66O12. The van der Waals surface area contributed by atoms with Crippen LogP contribution >= 0.6 is 0 Å². The van der Waals surface area contributed by atoms with E-state index in [0.717, 1.165) is 0 Å². The van der Waals surface area contributed by atoms with Gasteiger partial charge >= 0.3 is 5.97 Å². The third-order valence-electron chi connectivity index (χ3n) is 9.58. The van der Waals surface area contributed by atoms with E-state index in [1.54, 1.807) is 31.2 Å². The van der Waals surface area contributed by atoms with E-state index in [9.17, 15) is 50.8 Å². The minimum atomic E-state index is -1.80. The van der Waals surface area contributed by atoms with E-state index in [1.165, 1.54) is 0 Å². The van der Waals surface area contributed by atoms with Gasteiger partial charge in [-0.05, 0) is 76.5 Å². The molecule has 0 radical (unpaired) electrons. The van der Waals surface area contributed by atoms with Gasteiger partial charge in [-0.25, -0.2) is 4.79 Å². The number of aliphatic hydroxyl groups excluding tert-OH is 8. The zero-order valence-electron chi connectivity index (χ0n) is 31.4. The fourth-order valence-electron chi connectivity index (χ4n) is 7.02. The van der Waals surface area contributed by atoms with Gasteiger partial charge in [0, 0.05) is 24.8 Å². The van der Waals surface area contributed by atoms with Gasteiger partial charge in [0.25, 0.3) is 0 Å². The molecule has 2 aliphatic heterocycles. The number of ether oxygens (including phenoxy) is 2. The van der Waals surface area contributed by atoms with E-state index < -0.39 is 66.7 Å². The molecular weight excluding hydrogens is 672 g/mol. The van der Waals surface area contributed by atoms with Crippen LogP contribution in [0.2, 0.25) is 0 Å². The van der Waals surface area contributed by atoms with Crippen LogP contribution in [0.3, 0.4) is 0 Å². The van der Waals surface area contributed by atoms with Crippen LogP contribution < -0.4 is 0 Å². The number of esters is 1. The lowest BCUT2D eigenvalue weighted by Gasteiger charge is -2.40. The molecule has 52 heavy (non-hydrogen) atoms. The fourth-order valence-corrected chi connectivity index (χ4v) is 7.02. The van der Waals surface area contributed by atoms with Gasteiger partial charge < -0.3 is 55.4 Å². The Morgan fingerprint density at radius 3 is 1.60 bits per heavy atom. The summed E-state index contributed by atoms with van der Waals surface area (Å²) >= 11 is 0. The predicted octanol–water partition coefficient (Wildman–Crippen LogP) is 3.03. The first-order valence-electron chi connectivity index (χ1n) is 18.8. The molecule has 0 amide bonds. The van der Waals surface area contributed by atoms with Crippen LogP contribution in [0.1, 0.15) is 105 Å². The third-order valence-corrected chi connectivity index (χ3v) is 9.58. The summed E-state index contributed by atoms with van der Waals surface area (Å²) < 4.78 is 11.7. The summed E-state index contributed by atoms with van der Waals surface area (Å²) in [6, 6.07) is 0. The molecule has 9 N–H and O–H groups in total. The highest BCUT2D eigenvalue weighted by Crippen LogP contribution is 2.33. The number of allylic oxidation sites excluding steroid dienone is 8. The molecule has 2 aliphatic rings. The first-order valence-corrected chi connectivity index (χ1v) is 18.8. The molecule has 2 bridgehead atoms. The molecule has 0 aromatic rings. The number of aliphatic hydroxyl groups is 9. The second-order valence-corrected chi connectivity index (χ2v) is 15.3. The van der Waals surface area contributed by atoms with Crippen molar-refractivity contribution in [2.75, 3.05) is 0 Å². The number of hydrogen-bond acceptors (Lipinski definition) is 12. The standard InChI is InChI=1S/C40H66O12/c1-26(2)38-27(3)15-16-29(41)17-30(42)18-31(43)19-32(44)20-33(45)21-34(46)22-35(47)24-40(50)25-36(48)23-37(52-40)14-12-10-8-6-5-7-9-11-13-28(4)39(49)51-38/h5-13,26-27,29-38,41-48,50H,14-25H2,1-4H3/b7-5+,8-6+,11-9+,12-10+,28-13+/t27-,29-,30-,31-,32+,33+,34-,35+,36-,37+,38-,40-/m0/s1. The third kappa shape index (κ3) is 18.7. The molecule has 2 rings (SSSR count). The van der Waals surface area contributed by atoms with Gasteiger partial charge in [-0.15, -0.1) is 0 Å². The molecule has 0 saturated carbocycles. The Kier molecular flexibility index (Phi) is 20.8. The van der Waals surface area contributed by atoms with Gasteiger partial charge in [0.2, 0.25) is 0 Å². The highest BCUT2D eigenvalue weighted by Gasteiger charge is 2.41. The molecule has 0 aliphatic carbocycles. The van der Waals surface area contributed by atoms with Crippen molar-refractivity contribution in [3.63, 3.8) is 0 Å². The van der Waals surface area contributed by atoms with Crippen LogP contribution in [0.15, 0.2) is 60.3 Å². The zero-order valence-corrected chi connectivity index (χ0v) is 31.4. The Morgan fingerprint density at radius 2 is 1.08 bits per heavy atom. The molecule has 0 spiro atoms. The highest BCUT2D eigenvalue weighted by molar-refractivity contribution is 5.88. The second kappa shape index (κ2) is 23.5. The van der Waals surface area contributed by atoms with Crippen LogP contribution in [0.5, 0.6) is 0 Å². The van der Waals surface area contributed by atoms with Crippen molar-refractivity contribution in [2.24, 2.45) is 11.8 Å². The Bertz CT molecular complexity index is 1180. The van der Waals surface area contributed by atoms with Crippen LogP contribution in [0.25, 0.3) is 0 Å². The maximum absolute atomic E-state index is 12.8. The molecule has 12 heteroatoms. The Morgan fingerprint density at radius 1 is 0.635 bits per heavy atom. The summed E-state index contributed by atoms with van der Waals surface area (Å²) in [6.07, 6.45) is 7.27. The molecule has 2 heterocycles. The normalized spacial score (nSPS) is 41.8. The van der Waals surface area contributed by atoms with Crippen molar-refractivity contribution in [1.29, 1.82) is 0 Å². The quantitative estimate of drug-likeness (QED) is 0.178. The first kappa shape index (κ1) is 45.9. The molecule has 0 aromatic carbocycles. The van der Waals surface area contributed by atoms with Crippen molar-refractivity contribution in [1.82, 2.24) is 0 Å². The Hall–Kier alpha value is -2.23. The Labute approximate surface area is 309 Å². The van der Waals surface area contributed by atoms with Crippen LogP contribution in [-0.4, -0.2) is 119 Å². The molecule has 12 atom stereocenters. The number of hydrogen-bond donors (Lipinski definition) is 9. The smallest absolute Gasteiger partial charge is 0.334 e. The van der Waals surface area contributed by atoms with Crippen molar-refractivity contribution in [3.05, 3.63) is 60.3 Å². The lowest BCUT2D eigenvalue weighted by molar-refractivity contribution is -0.282. The SMILES string of the molecule is C\C1=C/C=C/C=C/C=C/C=C/C[C@@H]2C[C@H](O)C[C@](O)(C[C@H](O)C[C@@H](O)C[C@H](O)C[C@H](O)C[C@@H](O)C[C@@H](O)C[C@@H](O)CC[C@H](C)[C@H](C(C)C)OC1=O)O2. The molecule has 1 fully saturated rings. The number of cyclic esters (lactones) is 1. The lowest BCUT2D eigenvalue weighted by Crippen LogP contribution is -2.48. The number of rotatable bonds is 1. The maximum Gasteiger partial charge on any atom is 0.334 e. The van der Waals surface area contributed by atoms with Crippen molar-refractivity contribution in [2.45, 2.75) is 172 Å². The van der Waals surface area contributed by atoms with Gasteiger partial charge in [0.05, 0.1) is 54.9 Å². The van der Waals surface area contributed by atoms with E-state index in [2.05, 4.69) is 0 Å². The molecule has 298 valence electrons. The van der Waals surface area contributed by atoms with E-state index in [1.807, 2.05) is 51.2 Å². The number of fused-ring (bicyclic) bond motifs is 2. The van der Waals surface area contributed by atoms with Gasteiger partial charge in [-0.3, -0.25) is 0 Å². The average molecular weight is 739 g/mol. The summed E-state index contributed by atoms with van der Waals surface area (Å²) in [5, 5.41) is 95.0. The monoisotopic (exact) mass is 738 g/mol. The molecule has 0 unspecified atom stereocenters. The minimum Gasteiger partial charge on any atom is -0.458 e. The van der Waals surface area contributed by atoms with Crippen LogP contribution in [0.4, 0.5) is 0 Å². The van der Waals surface area contributed by atoms with E-state index in [0.29, 0.717) is 31.3 Å². The summed E-state index contributed by atoms with van der Waals surface area (Å²) in [7, 11) is 0. The molecule has 12 nitrogen and oxygen atoms in total. The van der Waals surface area contributed by atoms with Crippen LogP contribution in [0, 0.1) is 11.8 Å². The summed E-state index contributed by atoms with van der Waals surface area (Å²) in [6.45, 7) is 7.57. The van der Waals surface area contributed by atoms with Crippen molar-refractivity contribution >= 4 is 5.97 Å². The summed E-state index contributed by atoms with van der Waals surface area (Å²) in [4.78, 5) is 12.8.